The second kappa shape index (κ2) is 5.27. The van der Waals surface area contributed by atoms with Gasteiger partial charge in [-0.1, -0.05) is 6.92 Å². The topological polar surface area (TPSA) is 38.3 Å². The molecule has 1 N–H and O–H groups in total. The molecule has 0 aliphatic rings. The Morgan fingerprint density at radius 2 is 2.12 bits per heavy atom. The number of methoxy groups -OCH3 is 1. The van der Waals surface area contributed by atoms with E-state index in [1.807, 2.05) is 6.92 Å². The molecular weight excluding hydrogens is 221 g/mol. The number of hydrogen-bond donors (Lipinski definition) is 1. The second-order valence-corrected chi connectivity index (χ2v) is 4.33. The van der Waals surface area contributed by atoms with Crippen LogP contribution in [0.5, 0.6) is 5.75 Å². The molecule has 0 radical (unpaired) electrons. The summed E-state index contributed by atoms with van der Waals surface area (Å²) in [5.74, 6) is -0.417. The van der Waals surface area contributed by atoms with Gasteiger partial charge < -0.3 is 10.1 Å². The van der Waals surface area contributed by atoms with Crippen LogP contribution in [0.1, 0.15) is 31.1 Å². The zero-order valence-electron chi connectivity index (χ0n) is 10.6. The lowest BCUT2D eigenvalue weighted by Crippen LogP contribution is -2.46. The van der Waals surface area contributed by atoms with Gasteiger partial charge in [0.2, 0.25) is 0 Å². The Balaban J connectivity index is 3.04. The highest BCUT2D eigenvalue weighted by molar-refractivity contribution is 6.03. The Labute approximate surface area is 101 Å². The van der Waals surface area contributed by atoms with Crippen molar-refractivity contribution in [1.82, 2.24) is 5.32 Å². The van der Waals surface area contributed by atoms with E-state index in [2.05, 4.69) is 5.32 Å². The molecule has 0 saturated heterocycles. The molecule has 0 aromatic heterocycles. The zero-order chi connectivity index (χ0) is 13.1. The van der Waals surface area contributed by atoms with Crippen molar-refractivity contribution in [2.45, 2.75) is 26.3 Å². The molecule has 0 aliphatic heterocycles. The van der Waals surface area contributed by atoms with Crippen molar-refractivity contribution in [2.75, 3.05) is 13.7 Å². The van der Waals surface area contributed by atoms with Crippen LogP contribution >= 0.6 is 0 Å². The van der Waals surface area contributed by atoms with E-state index in [9.17, 15) is 9.18 Å². The van der Waals surface area contributed by atoms with Crippen LogP contribution in [0, 0.1) is 5.82 Å². The van der Waals surface area contributed by atoms with Gasteiger partial charge in [0.05, 0.1) is 18.2 Å². The third kappa shape index (κ3) is 3.03. The van der Waals surface area contributed by atoms with Gasteiger partial charge >= 0.3 is 0 Å². The van der Waals surface area contributed by atoms with Crippen LogP contribution in [-0.2, 0) is 0 Å². The number of Topliss-reactive ketones (excluding diaryl/α,β-unsaturated/α-hetero) is 1. The van der Waals surface area contributed by atoms with E-state index in [0.29, 0.717) is 12.3 Å². The van der Waals surface area contributed by atoms with Gasteiger partial charge in [-0.3, -0.25) is 4.79 Å². The van der Waals surface area contributed by atoms with Gasteiger partial charge in [0.1, 0.15) is 11.6 Å². The molecule has 0 spiro atoms. The Morgan fingerprint density at radius 1 is 1.47 bits per heavy atom. The second-order valence-electron chi connectivity index (χ2n) is 4.33. The third-order valence-corrected chi connectivity index (χ3v) is 2.61. The lowest BCUT2D eigenvalue weighted by molar-refractivity contribution is 0.0879. The van der Waals surface area contributed by atoms with Crippen LogP contribution in [0.3, 0.4) is 0 Å². The zero-order valence-corrected chi connectivity index (χ0v) is 10.6. The number of carbonyl (C=O) groups excluding carboxylic acids is 1. The first kappa shape index (κ1) is 13.6. The van der Waals surface area contributed by atoms with Crippen molar-refractivity contribution in [1.29, 1.82) is 0 Å². The molecule has 0 unspecified atom stereocenters. The molecule has 4 heteroatoms. The van der Waals surface area contributed by atoms with Crippen LogP contribution in [0.15, 0.2) is 18.2 Å². The fourth-order valence-corrected chi connectivity index (χ4v) is 1.67. The number of carbonyl (C=O) groups is 1. The molecule has 0 aliphatic carbocycles. The van der Waals surface area contributed by atoms with E-state index in [4.69, 9.17) is 4.74 Å². The molecular formula is C13H18FNO2. The Kier molecular flexibility index (Phi) is 4.23. The van der Waals surface area contributed by atoms with Crippen molar-refractivity contribution in [2.24, 2.45) is 0 Å². The average molecular weight is 239 g/mol. The van der Waals surface area contributed by atoms with Gasteiger partial charge in [0.25, 0.3) is 0 Å². The first-order chi connectivity index (χ1) is 7.92. The number of ketones is 1. The molecule has 1 rings (SSSR count). The highest BCUT2D eigenvalue weighted by atomic mass is 19.1. The minimum absolute atomic E-state index is 0.0803. The molecule has 0 heterocycles. The van der Waals surface area contributed by atoms with Crippen LogP contribution in [0.25, 0.3) is 0 Å². The molecule has 0 atom stereocenters. The number of halogens is 1. The Morgan fingerprint density at radius 3 is 2.59 bits per heavy atom. The van der Waals surface area contributed by atoms with E-state index in [-0.39, 0.29) is 11.3 Å². The molecule has 0 bridgehead atoms. The van der Waals surface area contributed by atoms with E-state index in [1.54, 1.807) is 19.9 Å². The van der Waals surface area contributed by atoms with Gasteiger partial charge in [0, 0.05) is 6.07 Å². The summed E-state index contributed by atoms with van der Waals surface area (Å²) in [5.41, 5.74) is -0.693. The summed E-state index contributed by atoms with van der Waals surface area (Å²) in [6, 6.07) is 4.25. The summed E-state index contributed by atoms with van der Waals surface area (Å²) in [6.07, 6.45) is 0. The Hall–Kier alpha value is -1.42. The highest BCUT2D eigenvalue weighted by Gasteiger charge is 2.29. The van der Waals surface area contributed by atoms with E-state index >= 15 is 0 Å². The highest BCUT2D eigenvalue weighted by Crippen LogP contribution is 2.20. The summed E-state index contributed by atoms with van der Waals surface area (Å²) in [4.78, 5) is 12.1. The van der Waals surface area contributed by atoms with Gasteiger partial charge in [0.15, 0.2) is 5.78 Å². The van der Waals surface area contributed by atoms with Crippen molar-refractivity contribution in [3.63, 3.8) is 0 Å². The lowest BCUT2D eigenvalue weighted by Gasteiger charge is -2.24. The number of nitrogens with one attached hydrogen (secondary N) is 1. The molecule has 1 aromatic rings. The number of ether oxygens (including phenoxy) is 1. The maximum absolute atomic E-state index is 13.7. The molecule has 3 nitrogen and oxygen atoms in total. The monoisotopic (exact) mass is 239 g/mol. The fraction of sp³-hybridized carbons (Fsp3) is 0.462. The summed E-state index contributed by atoms with van der Waals surface area (Å²) in [6.45, 7) is 6.03. The fourth-order valence-electron chi connectivity index (χ4n) is 1.67. The van der Waals surface area contributed by atoms with Crippen molar-refractivity contribution >= 4 is 5.78 Å². The molecule has 17 heavy (non-hydrogen) atoms. The standard InChI is InChI=1S/C13H18FNO2/c1-5-15-13(2,3)12(16)10-7-6-9(17-4)8-11(10)14/h6-8,15H,5H2,1-4H3. The van der Waals surface area contributed by atoms with E-state index in [0.717, 1.165) is 0 Å². The molecule has 1 aromatic carbocycles. The Bertz CT molecular complexity index is 416. The van der Waals surface area contributed by atoms with Crippen molar-refractivity contribution in [3.05, 3.63) is 29.6 Å². The van der Waals surface area contributed by atoms with Crippen LogP contribution in [-0.4, -0.2) is 25.0 Å². The minimum atomic E-state index is -0.774. The number of hydrogen-bond acceptors (Lipinski definition) is 3. The summed E-state index contributed by atoms with van der Waals surface area (Å²) >= 11 is 0. The van der Waals surface area contributed by atoms with Gasteiger partial charge in [-0.25, -0.2) is 4.39 Å². The maximum atomic E-state index is 13.7. The van der Waals surface area contributed by atoms with Crippen molar-refractivity contribution < 1.29 is 13.9 Å². The third-order valence-electron chi connectivity index (χ3n) is 2.61. The average Bonchev–Trinajstić information content (AvgIpc) is 2.28. The molecule has 0 saturated carbocycles. The van der Waals surface area contributed by atoms with E-state index in [1.165, 1.54) is 19.2 Å². The summed E-state index contributed by atoms with van der Waals surface area (Å²) in [5, 5.41) is 3.03. The molecule has 0 amide bonds. The van der Waals surface area contributed by atoms with Gasteiger partial charge in [-0.2, -0.15) is 0 Å². The van der Waals surface area contributed by atoms with Crippen molar-refractivity contribution in [3.8, 4) is 5.75 Å². The molecule has 94 valence electrons. The predicted octanol–water partition coefficient (Wildman–Crippen LogP) is 2.41. The van der Waals surface area contributed by atoms with Crippen LogP contribution in [0.2, 0.25) is 0 Å². The number of rotatable bonds is 5. The van der Waals surface area contributed by atoms with Gasteiger partial charge in [-0.15, -0.1) is 0 Å². The molecule has 0 fully saturated rings. The minimum Gasteiger partial charge on any atom is -0.497 e. The van der Waals surface area contributed by atoms with Crippen LogP contribution < -0.4 is 10.1 Å². The number of likely N-dealkylation sites (N-methyl/N-ethyl adjacent to an activating group) is 1. The predicted molar refractivity (Wildman–Crippen MR) is 65.0 cm³/mol. The largest absolute Gasteiger partial charge is 0.497 e. The van der Waals surface area contributed by atoms with E-state index < -0.39 is 11.4 Å². The lowest BCUT2D eigenvalue weighted by atomic mass is 9.93. The SMILES string of the molecule is CCNC(C)(C)C(=O)c1ccc(OC)cc1F. The smallest absolute Gasteiger partial charge is 0.185 e. The summed E-state index contributed by atoms with van der Waals surface area (Å²) in [7, 11) is 1.46. The normalized spacial score (nSPS) is 11.4. The first-order valence-corrected chi connectivity index (χ1v) is 5.55. The quantitative estimate of drug-likeness (QED) is 0.802. The number of benzene rings is 1. The summed E-state index contributed by atoms with van der Waals surface area (Å²) < 4.78 is 18.6. The van der Waals surface area contributed by atoms with Gasteiger partial charge in [-0.05, 0) is 32.5 Å². The maximum Gasteiger partial charge on any atom is 0.185 e. The van der Waals surface area contributed by atoms with Crippen LogP contribution in [0.4, 0.5) is 4.39 Å². The first-order valence-electron chi connectivity index (χ1n) is 5.55.